The summed E-state index contributed by atoms with van der Waals surface area (Å²) in [5.74, 6) is 0.0817. The molecule has 1 fully saturated rings. The Hall–Kier alpha value is -0.610. The number of carbonyl (C=O) groups is 1. The van der Waals surface area contributed by atoms with Crippen LogP contribution in [0.5, 0.6) is 0 Å². The molecule has 4 heteroatoms. The summed E-state index contributed by atoms with van der Waals surface area (Å²) < 4.78 is 0. The van der Waals surface area contributed by atoms with E-state index in [0.29, 0.717) is 19.5 Å². The van der Waals surface area contributed by atoms with E-state index in [9.17, 15) is 9.90 Å². The summed E-state index contributed by atoms with van der Waals surface area (Å²) in [5.41, 5.74) is -0.728. The standard InChI is InChI=1S/C17H34N2O2/c1-2-3-4-5-6-7-8-9-10-11-16(20)19-15-17(21)12-13-18-14-17/h18,21H,2-15H2,1H3,(H,19,20). The highest BCUT2D eigenvalue weighted by atomic mass is 16.3. The molecule has 0 saturated carbocycles. The third-order valence-corrected chi connectivity index (χ3v) is 4.34. The van der Waals surface area contributed by atoms with Crippen molar-refractivity contribution in [3.05, 3.63) is 0 Å². The van der Waals surface area contributed by atoms with Crippen LogP contribution in [0, 0.1) is 0 Å². The summed E-state index contributed by atoms with van der Waals surface area (Å²) >= 11 is 0. The van der Waals surface area contributed by atoms with Crippen LogP contribution >= 0.6 is 0 Å². The smallest absolute Gasteiger partial charge is 0.220 e. The zero-order chi connectivity index (χ0) is 15.4. The molecule has 1 atom stereocenters. The van der Waals surface area contributed by atoms with Gasteiger partial charge in [-0.3, -0.25) is 4.79 Å². The monoisotopic (exact) mass is 298 g/mol. The Bertz CT molecular complexity index is 276. The fraction of sp³-hybridized carbons (Fsp3) is 0.941. The van der Waals surface area contributed by atoms with Gasteiger partial charge in [0.05, 0.1) is 5.60 Å². The fourth-order valence-corrected chi connectivity index (χ4v) is 2.83. The molecule has 0 aromatic carbocycles. The molecule has 1 amide bonds. The van der Waals surface area contributed by atoms with Crippen molar-refractivity contribution in [1.82, 2.24) is 10.6 Å². The lowest BCUT2D eigenvalue weighted by atomic mass is 10.0. The highest BCUT2D eigenvalue weighted by Crippen LogP contribution is 2.13. The average molecular weight is 298 g/mol. The van der Waals surface area contributed by atoms with Crippen LogP contribution in [0.1, 0.15) is 77.6 Å². The first-order valence-electron chi connectivity index (χ1n) is 8.86. The first kappa shape index (κ1) is 18.4. The Kier molecular flexibility index (Phi) is 9.68. The predicted octanol–water partition coefficient (Wildman–Crippen LogP) is 2.75. The number of unbranched alkanes of at least 4 members (excludes halogenated alkanes) is 8. The number of hydrogen-bond acceptors (Lipinski definition) is 3. The highest BCUT2D eigenvalue weighted by Gasteiger charge is 2.30. The van der Waals surface area contributed by atoms with Crippen molar-refractivity contribution in [1.29, 1.82) is 0 Å². The van der Waals surface area contributed by atoms with Gasteiger partial charge in [0.25, 0.3) is 0 Å². The molecule has 4 nitrogen and oxygen atoms in total. The minimum absolute atomic E-state index is 0.0817. The Morgan fingerprint density at radius 2 is 1.71 bits per heavy atom. The van der Waals surface area contributed by atoms with Crippen molar-refractivity contribution in [2.75, 3.05) is 19.6 Å². The van der Waals surface area contributed by atoms with Crippen LogP contribution in [0.15, 0.2) is 0 Å². The van der Waals surface area contributed by atoms with Gasteiger partial charge < -0.3 is 15.7 Å². The number of rotatable bonds is 12. The van der Waals surface area contributed by atoms with Gasteiger partial charge in [-0.15, -0.1) is 0 Å². The molecule has 0 spiro atoms. The summed E-state index contributed by atoms with van der Waals surface area (Å²) in [5, 5.41) is 16.1. The summed E-state index contributed by atoms with van der Waals surface area (Å²) in [4.78, 5) is 11.7. The molecule has 0 radical (unpaired) electrons. The molecule has 1 saturated heterocycles. The molecule has 0 aromatic heterocycles. The van der Waals surface area contributed by atoms with Gasteiger partial charge in [-0.25, -0.2) is 0 Å². The zero-order valence-electron chi connectivity index (χ0n) is 13.8. The topological polar surface area (TPSA) is 61.4 Å². The second kappa shape index (κ2) is 11.0. The number of carbonyl (C=O) groups excluding carboxylic acids is 1. The normalized spacial score (nSPS) is 21.6. The van der Waals surface area contributed by atoms with Crippen molar-refractivity contribution in [2.45, 2.75) is 83.2 Å². The van der Waals surface area contributed by atoms with E-state index in [2.05, 4.69) is 17.6 Å². The second-order valence-electron chi connectivity index (χ2n) is 6.51. The van der Waals surface area contributed by atoms with E-state index in [1.54, 1.807) is 0 Å². The first-order chi connectivity index (χ1) is 10.2. The summed E-state index contributed by atoms with van der Waals surface area (Å²) in [6, 6.07) is 0. The van der Waals surface area contributed by atoms with Crippen LogP contribution in [0.2, 0.25) is 0 Å². The minimum atomic E-state index is -0.728. The summed E-state index contributed by atoms with van der Waals surface area (Å²) in [6.45, 7) is 4.05. The van der Waals surface area contributed by atoms with E-state index in [0.717, 1.165) is 25.8 Å². The SMILES string of the molecule is CCCCCCCCCCCC(=O)NCC1(O)CCNC1. The van der Waals surface area contributed by atoms with Crippen molar-refractivity contribution in [3.63, 3.8) is 0 Å². The number of nitrogens with one attached hydrogen (secondary N) is 2. The molecule has 0 aromatic rings. The first-order valence-corrected chi connectivity index (χ1v) is 8.86. The number of amides is 1. The molecular formula is C17H34N2O2. The van der Waals surface area contributed by atoms with Gasteiger partial charge in [0.1, 0.15) is 0 Å². The van der Waals surface area contributed by atoms with Crippen molar-refractivity contribution < 1.29 is 9.90 Å². The Morgan fingerprint density at radius 1 is 1.10 bits per heavy atom. The summed E-state index contributed by atoms with van der Waals surface area (Å²) in [7, 11) is 0. The van der Waals surface area contributed by atoms with Gasteiger partial charge in [-0.1, -0.05) is 58.3 Å². The van der Waals surface area contributed by atoms with Crippen LogP contribution in [-0.2, 0) is 4.79 Å². The largest absolute Gasteiger partial charge is 0.387 e. The van der Waals surface area contributed by atoms with Crippen molar-refractivity contribution >= 4 is 5.91 Å². The maximum Gasteiger partial charge on any atom is 0.220 e. The van der Waals surface area contributed by atoms with E-state index in [-0.39, 0.29) is 5.91 Å². The fourth-order valence-electron chi connectivity index (χ4n) is 2.83. The van der Waals surface area contributed by atoms with Crippen LogP contribution < -0.4 is 10.6 Å². The van der Waals surface area contributed by atoms with Crippen LogP contribution in [0.3, 0.4) is 0 Å². The third kappa shape index (κ3) is 9.10. The van der Waals surface area contributed by atoms with Gasteiger partial charge in [-0.05, 0) is 19.4 Å². The van der Waals surface area contributed by atoms with E-state index >= 15 is 0 Å². The van der Waals surface area contributed by atoms with Gasteiger partial charge >= 0.3 is 0 Å². The molecule has 124 valence electrons. The number of β-amino-alcohol motifs (C(OH)–C–C–N with tert-alkyl or cyclic N) is 1. The third-order valence-electron chi connectivity index (χ3n) is 4.34. The maximum absolute atomic E-state index is 11.7. The van der Waals surface area contributed by atoms with Crippen LogP contribution in [0.4, 0.5) is 0 Å². The quantitative estimate of drug-likeness (QED) is 0.486. The maximum atomic E-state index is 11.7. The zero-order valence-corrected chi connectivity index (χ0v) is 13.8. The van der Waals surface area contributed by atoms with Gasteiger partial charge in [0.2, 0.25) is 5.91 Å². The van der Waals surface area contributed by atoms with Gasteiger partial charge in [0.15, 0.2) is 0 Å². The van der Waals surface area contributed by atoms with E-state index in [4.69, 9.17) is 0 Å². The number of hydrogen-bond donors (Lipinski definition) is 3. The average Bonchev–Trinajstić information content (AvgIpc) is 2.91. The molecule has 0 bridgehead atoms. The highest BCUT2D eigenvalue weighted by molar-refractivity contribution is 5.75. The lowest BCUT2D eigenvalue weighted by Gasteiger charge is -2.21. The van der Waals surface area contributed by atoms with Gasteiger partial charge in [-0.2, -0.15) is 0 Å². The molecule has 1 unspecified atom stereocenters. The van der Waals surface area contributed by atoms with E-state index in [1.165, 1.54) is 44.9 Å². The molecule has 1 rings (SSSR count). The lowest BCUT2D eigenvalue weighted by Crippen LogP contribution is -2.44. The Balaban J connectivity index is 1.87. The van der Waals surface area contributed by atoms with Crippen LogP contribution in [0.25, 0.3) is 0 Å². The second-order valence-corrected chi connectivity index (χ2v) is 6.51. The molecule has 1 aliphatic rings. The molecule has 0 aliphatic carbocycles. The molecule has 1 heterocycles. The van der Waals surface area contributed by atoms with Gasteiger partial charge in [0, 0.05) is 19.5 Å². The lowest BCUT2D eigenvalue weighted by molar-refractivity contribution is -0.122. The minimum Gasteiger partial charge on any atom is -0.387 e. The molecule has 1 aliphatic heterocycles. The summed E-state index contributed by atoms with van der Waals surface area (Å²) in [6.07, 6.45) is 12.7. The van der Waals surface area contributed by atoms with E-state index < -0.39 is 5.60 Å². The van der Waals surface area contributed by atoms with Crippen molar-refractivity contribution in [3.8, 4) is 0 Å². The van der Waals surface area contributed by atoms with Crippen molar-refractivity contribution in [2.24, 2.45) is 0 Å². The predicted molar refractivity (Wildman–Crippen MR) is 87.3 cm³/mol. The van der Waals surface area contributed by atoms with E-state index in [1.807, 2.05) is 0 Å². The Morgan fingerprint density at radius 3 is 2.29 bits per heavy atom. The molecular weight excluding hydrogens is 264 g/mol. The Labute approximate surface area is 130 Å². The molecule has 3 N–H and O–H groups in total. The molecule has 21 heavy (non-hydrogen) atoms. The number of aliphatic hydroxyl groups is 1. The van der Waals surface area contributed by atoms with Crippen LogP contribution in [-0.4, -0.2) is 36.2 Å².